The molecule has 23 heavy (non-hydrogen) atoms. The van der Waals surface area contributed by atoms with Gasteiger partial charge in [0, 0.05) is 11.3 Å². The Balaban J connectivity index is 1.74. The first-order valence-electron chi connectivity index (χ1n) is 7.37. The molecule has 3 N–H and O–H groups in total. The lowest BCUT2D eigenvalue weighted by atomic mass is 9.96. The molecule has 1 saturated carbocycles. The molecule has 124 valence electrons. The van der Waals surface area contributed by atoms with Gasteiger partial charge in [0.25, 0.3) is 0 Å². The molecular weight excluding hydrogens is 352 g/mol. The molecule has 1 aromatic heterocycles. The minimum atomic E-state index is -3.50. The molecule has 0 unspecified atom stereocenters. The maximum atomic E-state index is 12.5. The van der Waals surface area contributed by atoms with Crippen molar-refractivity contribution in [1.82, 2.24) is 14.9 Å². The molecule has 9 heteroatoms. The summed E-state index contributed by atoms with van der Waals surface area (Å²) < 4.78 is 28.7. The van der Waals surface area contributed by atoms with Crippen LogP contribution in [0.3, 0.4) is 0 Å². The van der Waals surface area contributed by atoms with E-state index in [0.717, 1.165) is 30.0 Å². The van der Waals surface area contributed by atoms with Gasteiger partial charge < -0.3 is 5.73 Å². The zero-order valence-corrected chi connectivity index (χ0v) is 14.8. The van der Waals surface area contributed by atoms with Gasteiger partial charge in [-0.25, -0.2) is 13.1 Å². The van der Waals surface area contributed by atoms with Crippen molar-refractivity contribution < 1.29 is 8.42 Å². The Bertz CT molecular complexity index is 748. The highest BCUT2D eigenvalue weighted by atomic mass is 32.2. The summed E-state index contributed by atoms with van der Waals surface area (Å²) in [5.74, 6) is 0. The van der Waals surface area contributed by atoms with E-state index in [2.05, 4.69) is 14.9 Å². The van der Waals surface area contributed by atoms with E-state index in [-0.39, 0.29) is 11.3 Å². The van der Waals surface area contributed by atoms with Gasteiger partial charge in [-0.05, 0) is 25.0 Å². The van der Waals surface area contributed by atoms with Gasteiger partial charge in [-0.2, -0.15) is 0 Å². The first kappa shape index (κ1) is 16.7. The van der Waals surface area contributed by atoms with Gasteiger partial charge in [-0.1, -0.05) is 54.1 Å². The molecule has 1 aliphatic rings. The molecule has 6 nitrogen and oxygen atoms in total. The van der Waals surface area contributed by atoms with Gasteiger partial charge in [0.1, 0.15) is 0 Å². The summed E-state index contributed by atoms with van der Waals surface area (Å²) in [4.78, 5) is 0.300. The van der Waals surface area contributed by atoms with E-state index >= 15 is 0 Å². The van der Waals surface area contributed by atoms with E-state index in [1.807, 2.05) is 0 Å². The summed E-state index contributed by atoms with van der Waals surface area (Å²) >= 11 is 2.91. The van der Waals surface area contributed by atoms with Gasteiger partial charge in [0.2, 0.25) is 15.2 Å². The second kappa shape index (κ2) is 7.16. The quantitative estimate of drug-likeness (QED) is 0.839. The van der Waals surface area contributed by atoms with E-state index < -0.39 is 10.0 Å². The predicted octanol–water partition coefficient (Wildman–Crippen LogP) is 2.50. The average Bonchev–Trinajstić information content (AvgIpc) is 2.95. The number of thioether (sulfide) groups is 1. The van der Waals surface area contributed by atoms with Crippen molar-refractivity contribution in [2.24, 2.45) is 0 Å². The highest BCUT2D eigenvalue weighted by Crippen LogP contribution is 2.36. The van der Waals surface area contributed by atoms with Crippen molar-refractivity contribution in [3.05, 3.63) is 30.3 Å². The SMILES string of the molecule is Nc1nnc(S[C@@H]2CCCC[C@H]2NS(=O)(=O)c2ccccc2)s1. The van der Waals surface area contributed by atoms with Crippen LogP contribution >= 0.6 is 23.1 Å². The number of hydrogen-bond acceptors (Lipinski definition) is 7. The molecule has 2 aromatic rings. The number of nitrogens with one attached hydrogen (secondary N) is 1. The third-order valence-corrected chi connectivity index (χ3v) is 7.48. The Labute approximate surface area is 143 Å². The fourth-order valence-electron chi connectivity index (χ4n) is 2.64. The Morgan fingerprint density at radius 1 is 1.17 bits per heavy atom. The van der Waals surface area contributed by atoms with Gasteiger partial charge in [-0.15, -0.1) is 10.2 Å². The molecule has 1 aromatic carbocycles. The van der Waals surface area contributed by atoms with Crippen molar-refractivity contribution in [2.75, 3.05) is 5.73 Å². The molecule has 0 aliphatic heterocycles. The van der Waals surface area contributed by atoms with Crippen molar-refractivity contribution in [1.29, 1.82) is 0 Å². The number of nitrogens with zero attached hydrogens (tertiary/aromatic N) is 2. The van der Waals surface area contributed by atoms with Crippen LogP contribution in [0.1, 0.15) is 25.7 Å². The Hall–Kier alpha value is -1.16. The topological polar surface area (TPSA) is 98.0 Å². The summed E-state index contributed by atoms with van der Waals surface area (Å²) in [6.45, 7) is 0. The van der Waals surface area contributed by atoms with E-state index in [1.165, 1.54) is 11.3 Å². The summed E-state index contributed by atoms with van der Waals surface area (Å²) in [5, 5.41) is 8.43. The average molecular weight is 371 g/mol. The summed E-state index contributed by atoms with van der Waals surface area (Å²) in [7, 11) is -3.50. The Morgan fingerprint density at radius 3 is 2.61 bits per heavy atom. The molecule has 0 saturated heterocycles. The molecule has 0 spiro atoms. The monoisotopic (exact) mass is 370 g/mol. The van der Waals surface area contributed by atoms with Crippen LogP contribution in [-0.4, -0.2) is 29.9 Å². The lowest BCUT2D eigenvalue weighted by Crippen LogP contribution is -2.43. The van der Waals surface area contributed by atoms with Crippen molar-refractivity contribution >= 4 is 38.3 Å². The minimum absolute atomic E-state index is 0.107. The molecule has 2 atom stereocenters. The fraction of sp³-hybridized carbons (Fsp3) is 0.429. The Kier molecular flexibility index (Phi) is 5.20. The zero-order valence-electron chi connectivity index (χ0n) is 12.4. The van der Waals surface area contributed by atoms with E-state index in [0.29, 0.717) is 10.0 Å². The number of nitrogen functional groups attached to an aromatic ring is 1. The lowest BCUT2D eigenvalue weighted by Gasteiger charge is -2.30. The molecule has 0 bridgehead atoms. The van der Waals surface area contributed by atoms with Crippen LogP contribution in [0.5, 0.6) is 0 Å². The van der Waals surface area contributed by atoms with Crippen LogP contribution in [0, 0.1) is 0 Å². The molecule has 0 amide bonds. The molecule has 1 aliphatic carbocycles. The first-order chi connectivity index (χ1) is 11.0. The predicted molar refractivity (Wildman–Crippen MR) is 93.0 cm³/mol. The van der Waals surface area contributed by atoms with Crippen LogP contribution in [-0.2, 0) is 10.0 Å². The fourth-order valence-corrected chi connectivity index (χ4v) is 6.22. The van der Waals surface area contributed by atoms with E-state index in [1.54, 1.807) is 42.1 Å². The summed E-state index contributed by atoms with van der Waals surface area (Å²) in [6.07, 6.45) is 3.90. The van der Waals surface area contributed by atoms with Crippen LogP contribution in [0.2, 0.25) is 0 Å². The normalized spacial score (nSPS) is 22.1. The molecule has 0 radical (unpaired) electrons. The first-order valence-corrected chi connectivity index (χ1v) is 10.6. The zero-order chi connectivity index (χ0) is 16.3. The smallest absolute Gasteiger partial charge is 0.240 e. The van der Waals surface area contributed by atoms with Crippen LogP contribution in [0.4, 0.5) is 5.13 Å². The number of nitrogens with two attached hydrogens (primary N) is 1. The maximum absolute atomic E-state index is 12.5. The van der Waals surface area contributed by atoms with Gasteiger partial charge in [0.05, 0.1) is 4.90 Å². The molecule has 1 fully saturated rings. The molecule has 1 heterocycles. The third-order valence-electron chi connectivity index (χ3n) is 3.74. The third kappa shape index (κ3) is 4.23. The standard InChI is InChI=1S/C14H18N4O2S3/c15-13-16-17-14(22-13)21-12-9-5-4-8-11(12)18-23(19,20)10-6-2-1-3-7-10/h1-3,6-7,11-12,18H,4-5,8-9H2,(H2,15,16)/t11-,12-/m1/s1. The van der Waals surface area contributed by atoms with Crippen LogP contribution in [0.25, 0.3) is 0 Å². The highest BCUT2D eigenvalue weighted by Gasteiger charge is 2.31. The second-order valence-corrected chi connectivity index (χ2v) is 9.60. The second-order valence-electron chi connectivity index (χ2n) is 5.39. The van der Waals surface area contributed by atoms with Gasteiger partial charge >= 0.3 is 0 Å². The van der Waals surface area contributed by atoms with Gasteiger partial charge in [-0.3, -0.25) is 0 Å². The Morgan fingerprint density at radius 2 is 1.91 bits per heavy atom. The number of hydrogen-bond donors (Lipinski definition) is 2. The van der Waals surface area contributed by atoms with E-state index in [9.17, 15) is 8.42 Å². The van der Waals surface area contributed by atoms with Crippen LogP contribution in [0.15, 0.2) is 39.6 Å². The summed E-state index contributed by atoms with van der Waals surface area (Å²) in [6, 6.07) is 8.37. The number of benzene rings is 1. The maximum Gasteiger partial charge on any atom is 0.240 e. The number of sulfonamides is 1. The van der Waals surface area contributed by atoms with Gasteiger partial charge in [0.15, 0.2) is 4.34 Å². The number of anilines is 1. The number of rotatable bonds is 5. The molecular formula is C14H18N4O2S3. The van der Waals surface area contributed by atoms with E-state index in [4.69, 9.17) is 5.73 Å². The lowest BCUT2D eigenvalue weighted by molar-refractivity contribution is 0.423. The largest absolute Gasteiger partial charge is 0.374 e. The van der Waals surface area contributed by atoms with Crippen molar-refractivity contribution in [3.63, 3.8) is 0 Å². The van der Waals surface area contributed by atoms with Crippen LogP contribution < -0.4 is 10.5 Å². The van der Waals surface area contributed by atoms with Crippen molar-refractivity contribution in [3.8, 4) is 0 Å². The highest BCUT2D eigenvalue weighted by molar-refractivity contribution is 8.01. The minimum Gasteiger partial charge on any atom is -0.374 e. The summed E-state index contributed by atoms with van der Waals surface area (Å²) in [5.41, 5.74) is 5.62. The molecule has 3 rings (SSSR count). The number of aromatic nitrogens is 2. The van der Waals surface area contributed by atoms with Crippen molar-refractivity contribution in [2.45, 2.75) is 46.2 Å².